The van der Waals surface area contributed by atoms with Crippen LogP contribution in [0.3, 0.4) is 0 Å². The number of rotatable bonds is 6. The summed E-state index contributed by atoms with van der Waals surface area (Å²) < 4.78 is 0. The van der Waals surface area contributed by atoms with Crippen LogP contribution in [0.2, 0.25) is 0 Å². The zero-order chi connectivity index (χ0) is 13.8. The molecule has 19 heavy (non-hydrogen) atoms. The molecule has 2 aromatic rings. The molecular formula is C12H18N4O2S. The van der Waals surface area contributed by atoms with Crippen LogP contribution in [0.5, 0.6) is 0 Å². The number of anilines is 2. The van der Waals surface area contributed by atoms with Gasteiger partial charge in [0.25, 0.3) is 0 Å². The first-order valence-corrected chi connectivity index (χ1v) is 7.00. The summed E-state index contributed by atoms with van der Waals surface area (Å²) in [6, 6.07) is 2.06. The molecule has 7 heteroatoms. The second-order valence-electron chi connectivity index (χ2n) is 4.15. The highest BCUT2D eigenvalue weighted by Gasteiger charge is 2.11. The van der Waals surface area contributed by atoms with Crippen LogP contribution in [0.15, 0.2) is 6.07 Å². The van der Waals surface area contributed by atoms with E-state index < -0.39 is 6.10 Å². The lowest BCUT2D eigenvalue weighted by Crippen LogP contribution is -2.23. The number of hydrogen-bond donors (Lipinski definition) is 4. The highest BCUT2D eigenvalue weighted by Crippen LogP contribution is 2.30. The Balaban J connectivity index is 2.35. The van der Waals surface area contributed by atoms with Crippen molar-refractivity contribution in [3.8, 4) is 0 Å². The summed E-state index contributed by atoms with van der Waals surface area (Å²) in [4.78, 5) is 10.9. The van der Waals surface area contributed by atoms with E-state index in [2.05, 4.69) is 33.6 Å². The number of fused-ring (bicyclic) bond motifs is 1. The van der Waals surface area contributed by atoms with E-state index in [1.165, 1.54) is 4.88 Å². The molecule has 0 saturated carbocycles. The van der Waals surface area contributed by atoms with Crippen molar-refractivity contribution in [3.05, 3.63) is 10.9 Å². The second kappa shape index (κ2) is 6.14. The van der Waals surface area contributed by atoms with Crippen molar-refractivity contribution in [2.75, 3.05) is 30.8 Å². The van der Waals surface area contributed by atoms with Crippen LogP contribution >= 0.6 is 11.3 Å². The summed E-state index contributed by atoms with van der Waals surface area (Å²) >= 11 is 1.64. The summed E-state index contributed by atoms with van der Waals surface area (Å²) in [5.74, 6) is 1.22. The Morgan fingerprint density at radius 2 is 2.21 bits per heavy atom. The highest BCUT2D eigenvalue weighted by atomic mass is 32.1. The van der Waals surface area contributed by atoms with Crippen LogP contribution in [-0.2, 0) is 6.42 Å². The van der Waals surface area contributed by atoms with Crippen molar-refractivity contribution in [1.82, 2.24) is 9.97 Å². The fourth-order valence-corrected chi connectivity index (χ4v) is 2.64. The first-order valence-electron chi connectivity index (χ1n) is 6.19. The van der Waals surface area contributed by atoms with E-state index in [-0.39, 0.29) is 13.2 Å². The molecule has 0 amide bonds. The minimum atomic E-state index is -0.799. The zero-order valence-electron chi connectivity index (χ0n) is 11.0. The van der Waals surface area contributed by atoms with Crippen molar-refractivity contribution < 1.29 is 10.2 Å². The molecule has 1 atom stereocenters. The predicted molar refractivity (Wildman–Crippen MR) is 77.9 cm³/mol. The average molecular weight is 282 g/mol. The van der Waals surface area contributed by atoms with Gasteiger partial charge in [0.2, 0.25) is 5.95 Å². The van der Waals surface area contributed by atoms with Crippen LogP contribution in [0.25, 0.3) is 10.2 Å². The maximum absolute atomic E-state index is 9.40. The summed E-state index contributed by atoms with van der Waals surface area (Å²) in [6.45, 7) is 2.08. The van der Waals surface area contributed by atoms with Gasteiger partial charge in [-0.25, -0.2) is 4.98 Å². The maximum atomic E-state index is 9.40. The van der Waals surface area contributed by atoms with Gasteiger partial charge < -0.3 is 20.8 Å². The van der Waals surface area contributed by atoms with Gasteiger partial charge in [0.15, 0.2) is 0 Å². The van der Waals surface area contributed by atoms with E-state index >= 15 is 0 Å². The van der Waals surface area contributed by atoms with Gasteiger partial charge in [-0.05, 0) is 12.5 Å². The molecule has 104 valence electrons. The molecule has 0 aliphatic carbocycles. The molecule has 0 aliphatic heterocycles. The molecule has 0 bridgehead atoms. The Morgan fingerprint density at radius 3 is 2.84 bits per heavy atom. The normalized spacial score (nSPS) is 12.6. The molecule has 6 nitrogen and oxygen atoms in total. The van der Waals surface area contributed by atoms with Crippen molar-refractivity contribution >= 4 is 33.3 Å². The van der Waals surface area contributed by atoms with Crippen LogP contribution in [-0.4, -0.2) is 46.5 Å². The number of aliphatic hydroxyl groups is 2. The van der Waals surface area contributed by atoms with Gasteiger partial charge in [-0.3, -0.25) is 0 Å². The van der Waals surface area contributed by atoms with Crippen molar-refractivity contribution in [1.29, 1.82) is 0 Å². The quantitative estimate of drug-likeness (QED) is 0.633. The Kier molecular flexibility index (Phi) is 4.52. The Hall–Kier alpha value is -1.44. The molecule has 0 aromatic carbocycles. The fourth-order valence-electron chi connectivity index (χ4n) is 1.67. The number of aromatic nitrogens is 2. The molecule has 0 aliphatic rings. The molecule has 2 rings (SSSR count). The molecule has 4 N–H and O–H groups in total. The zero-order valence-corrected chi connectivity index (χ0v) is 11.8. The van der Waals surface area contributed by atoms with Crippen molar-refractivity contribution in [2.45, 2.75) is 19.4 Å². The van der Waals surface area contributed by atoms with Gasteiger partial charge in [0, 0.05) is 18.5 Å². The largest absolute Gasteiger partial charge is 0.394 e. The number of aryl methyl sites for hydroxylation is 1. The maximum Gasteiger partial charge on any atom is 0.225 e. The van der Waals surface area contributed by atoms with E-state index in [0.29, 0.717) is 11.8 Å². The molecule has 0 saturated heterocycles. The van der Waals surface area contributed by atoms with Crippen LogP contribution in [0.1, 0.15) is 11.8 Å². The number of hydrogen-bond acceptors (Lipinski definition) is 7. The van der Waals surface area contributed by atoms with Crippen LogP contribution in [0, 0.1) is 0 Å². The van der Waals surface area contributed by atoms with E-state index in [0.717, 1.165) is 16.6 Å². The average Bonchev–Trinajstić information content (AvgIpc) is 2.86. The minimum Gasteiger partial charge on any atom is -0.394 e. The number of nitrogens with one attached hydrogen (secondary N) is 2. The Bertz CT molecular complexity index is 558. The predicted octanol–water partition coefficient (Wildman–Crippen LogP) is 1.06. The third kappa shape index (κ3) is 3.12. The first-order chi connectivity index (χ1) is 9.17. The lowest BCUT2D eigenvalue weighted by Gasteiger charge is -2.11. The van der Waals surface area contributed by atoms with Gasteiger partial charge in [-0.2, -0.15) is 4.98 Å². The van der Waals surface area contributed by atoms with Crippen LogP contribution in [0.4, 0.5) is 11.8 Å². The van der Waals surface area contributed by atoms with Gasteiger partial charge in [-0.15, -0.1) is 11.3 Å². The smallest absolute Gasteiger partial charge is 0.225 e. The van der Waals surface area contributed by atoms with Gasteiger partial charge in [-0.1, -0.05) is 6.92 Å². The molecule has 2 aromatic heterocycles. The molecule has 0 fully saturated rings. The lowest BCUT2D eigenvalue weighted by atomic mass is 10.3. The Morgan fingerprint density at radius 1 is 1.42 bits per heavy atom. The van der Waals surface area contributed by atoms with E-state index in [4.69, 9.17) is 5.11 Å². The van der Waals surface area contributed by atoms with Gasteiger partial charge in [0.1, 0.15) is 10.6 Å². The van der Waals surface area contributed by atoms with Crippen LogP contribution < -0.4 is 10.6 Å². The fraction of sp³-hybridized carbons (Fsp3) is 0.500. The van der Waals surface area contributed by atoms with Crippen molar-refractivity contribution in [3.63, 3.8) is 0 Å². The SMILES string of the molecule is CCc1cc2c(NCC(O)CO)nc(NC)nc2s1. The third-order valence-corrected chi connectivity index (χ3v) is 3.90. The summed E-state index contributed by atoms with van der Waals surface area (Å²) in [6.07, 6.45) is 0.154. The Labute approximate surface area is 115 Å². The summed E-state index contributed by atoms with van der Waals surface area (Å²) in [5.41, 5.74) is 0. The summed E-state index contributed by atoms with van der Waals surface area (Å²) in [5, 5.41) is 25.2. The highest BCUT2D eigenvalue weighted by molar-refractivity contribution is 7.18. The molecule has 0 radical (unpaired) electrons. The number of thiophene rings is 1. The molecular weight excluding hydrogens is 264 g/mol. The topological polar surface area (TPSA) is 90.3 Å². The second-order valence-corrected chi connectivity index (χ2v) is 5.26. The number of nitrogens with zero attached hydrogens (tertiary/aromatic N) is 2. The first kappa shape index (κ1) is 14.0. The minimum absolute atomic E-state index is 0.253. The van der Waals surface area contributed by atoms with E-state index in [1.807, 2.05) is 0 Å². The van der Waals surface area contributed by atoms with E-state index in [9.17, 15) is 5.11 Å². The number of aliphatic hydroxyl groups excluding tert-OH is 2. The van der Waals surface area contributed by atoms with Crippen molar-refractivity contribution in [2.24, 2.45) is 0 Å². The molecule has 1 unspecified atom stereocenters. The monoisotopic (exact) mass is 282 g/mol. The standard InChI is InChI=1S/C12H18N4O2S/c1-3-8-4-9-10(14-5-7(18)6-17)15-12(13-2)16-11(9)19-8/h4,7,17-18H,3,5-6H2,1-2H3,(H2,13,14,15,16). The third-order valence-electron chi connectivity index (χ3n) is 2.73. The van der Waals surface area contributed by atoms with E-state index in [1.54, 1.807) is 18.4 Å². The molecule has 0 spiro atoms. The van der Waals surface area contributed by atoms with Gasteiger partial charge in [0.05, 0.1) is 18.1 Å². The van der Waals surface area contributed by atoms with Gasteiger partial charge >= 0.3 is 0 Å². The summed E-state index contributed by atoms with van der Waals surface area (Å²) in [7, 11) is 1.77. The lowest BCUT2D eigenvalue weighted by molar-refractivity contribution is 0.105. The molecule has 2 heterocycles.